The molecule has 3 nitrogen and oxygen atoms in total. The molecule has 0 N–H and O–H groups in total. The van der Waals surface area contributed by atoms with Gasteiger partial charge in [-0.15, -0.1) is 0 Å². The van der Waals surface area contributed by atoms with Crippen molar-refractivity contribution in [2.45, 2.75) is 6.18 Å². The first-order valence-corrected chi connectivity index (χ1v) is 2.69. The summed E-state index contributed by atoms with van der Waals surface area (Å²) < 4.78 is 35.9. The average Bonchev–Trinajstić information content (AvgIpc) is 2.11. The van der Waals surface area contributed by atoms with Crippen molar-refractivity contribution < 1.29 is 47.8 Å². The fourth-order valence-corrected chi connectivity index (χ4v) is 0.589. The van der Waals surface area contributed by atoms with E-state index in [1.54, 1.807) is 0 Å². The SMILES string of the molecule is Cn1nc(C(F)(F)F)cc1[O-].[Na+]. The summed E-state index contributed by atoms with van der Waals surface area (Å²) in [5.74, 6) is -0.752. The van der Waals surface area contributed by atoms with Gasteiger partial charge in [-0.25, -0.2) is 0 Å². The maximum absolute atomic E-state index is 11.8. The van der Waals surface area contributed by atoms with E-state index in [1.165, 1.54) is 0 Å². The Hall–Kier alpha value is -0.200. The van der Waals surface area contributed by atoms with Gasteiger partial charge in [0.1, 0.15) is 0 Å². The van der Waals surface area contributed by atoms with Crippen molar-refractivity contribution in [1.82, 2.24) is 9.78 Å². The molecule has 1 aromatic heterocycles. The van der Waals surface area contributed by atoms with Gasteiger partial charge in [0.2, 0.25) is 0 Å². The molecule has 0 aliphatic carbocycles. The van der Waals surface area contributed by atoms with E-state index in [1.807, 2.05) is 0 Å². The van der Waals surface area contributed by atoms with Gasteiger partial charge in [0.15, 0.2) is 5.69 Å². The molecule has 1 rings (SSSR count). The molecule has 12 heavy (non-hydrogen) atoms. The molecular formula is C5H4F3N2NaO. The van der Waals surface area contributed by atoms with Crippen molar-refractivity contribution in [2.24, 2.45) is 7.05 Å². The van der Waals surface area contributed by atoms with Crippen LogP contribution in [0.5, 0.6) is 5.88 Å². The first kappa shape index (κ1) is 11.8. The van der Waals surface area contributed by atoms with Crippen LogP contribution in [0.25, 0.3) is 0 Å². The minimum absolute atomic E-state index is 0. The third-order valence-electron chi connectivity index (χ3n) is 1.13. The number of rotatable bonds is 0. The van der Waals surface area contributed by atoms with Crippen molar-refractivity contribution in [3.63, 3.8) is 0 Å². The predicted octanol–water partition coefficient (Wildman–Crippen LogP) is -2.48. The molecule has 62 valence electrons. The summed E-state index contributed by atoms with van der Waals surface area (Å²) >= 11 is 0. The molecule has 0 radical (unpaired) electrons. The van der Waals surface area contributed by atoms with E-state index >= 15 is 0 Å². The van der Waals surface area contributed by atoms with Crippen molar-refractivity contribution in [1.29, 1.82) is 0 Å². The molecule has 0 saturated carbocycles. The van der Waals surface area contributed by atoms with E-state index in [4.69, 9.17) is 0 Å². The topological polar surface area (TPSA) is 40.9 Å². The van der Waals surface area contributed by atoms with Crippen molar-refractivity contribution in [3.8, 4) is 5.88 Å². The molecule has 1 heterocycles. The summed E-state index contributed by atoms with van der Waals surface area (Å²) in [5, 5.41) is 13.4. The van der Waals surface area contributed by atoms with E-state index in [9.17, 15) is 18.3 Å². The van der Waals surface area contributed by atoms with E-state index in [2.05, 4.69) is 5.10 Å². The van der Waals surface area contributed by atoms with Crippen LogP contribution in [0.3, 0.4) is 0 Å². The van der Waals surface area contributed by atoms with Crippen LogP contribution in [0.15, 0.2) is 6.07 Å². The summed E-state index contributed by atoms with van der Waals surface area (Å²) in [7, 11) is 1.16. The van der Waals surface area contributed by atoms with Crippen LogP contribution in [0.1, 0.15) is 5.69 Å². The third-order valence-corrected chi connectivity index (χ3v) is 1.13. The second kappa shape index (κ2) is 3.68. The zero-order valence-electron chi connectivity index (χ0n) is 6.51. The fraction of sp³-hybridized carbons (Fsp3) is 0.400. The number of hydrogen-bond donors (Lipinski definition) is 0. The second-order valence-corrected chi connectivity index (χ2v) is 1.99. The van der Waals surface area contributed by atoms with Gasteiger partial charge >= 0.3 is 35.7 Å². The van der Waals surface area contributed by atoms with Gasteiger partial charge in [-0.1, -0.05) is 0 Å². The Bertz CT molecular complexity index is 251. The largest absolute Gasteiger partial charge is 1.00 e. The van der Waals surface area contributed by atoms with Crippen LogP contribution in [0, 0.1) is 0 Å². The van der Waals surface area contributed by atoms with E-state index < -0.39 is 17.8 Å². The summed E-state index contributed by atoms with van der Waals surface area (Å²) in [6.45, 7) is 0. The molecule has 0 aliphatic rings. The summed E-state index contributed by atoms with van der Waals surface area (Å²) in [6, 6.07) is 0.458. The second-order valence-electron chi connectivity index (χ2n) is 1.99. The van der Waals surface area contributed by atoms with E-state index in [0.717, 1.165) is 7.05 Å². The molecule has 0 aliphatic heterocycles. The summed E-state index contributed by atoms with van der Waals surface area (Å²) in [4.78, 5) is 0. The van der Waals surface area contributed by atoms with Crippen LogP contribution < -0.4 is 34.7 Å². The van der Waals surface area contributed by atoms with Crippen molar-refractivity contribution in [2.75, 3.05) is 0 Å². The van der Waals surface area contributed by atoms with Gasteiger partial charge in [-0.3, -0.25) is 4.68 Å². The Morgan fingerprint density at radius 1 is 1.50 bits per heavy atom. The molecule has 0 spiro atoms. The quantitative estimate of drug-likeness (QED) is 0.423. The molecular weight excluding hydrogens is 184 g/mol. The van der Waals surface area contributed by atoms with Crippen LogP contribution in [0.2, 0.25) is 0 Å². The van der Waals surface area contributed by atoms with Crippen LogP contribution in [-0.2, 0) is 13.2 Å². The molecule has 7 heteroatoms. The smallest absolute Gasteiger partial charge is 0.859 e. The van der Waals surface area contributed by atoms with Gasteiger partial charge in [0, 0.05) is 7.05 Å². The zero-order chi connectivity index (χ0) is 8.65. The number of nitrogens with zero attached hydrogens (tertiary/aromatic N) is 2. The van der Waals surface area contributed by atoms with Crippen LogP contribution in [0.4, 0.5) is 13.2 Å². The Kier molecular flexibility index (Phi) is 3.61. The average molecular weight is 188 g/mol. The minimum atomic E-state index is -4.53. The zero-order valence-corrected chi connectivity index (χ0v) is 8.51. The number of aryl methyl sites for hydroxylation is 1. The monoisotopic (exact) mass is 188 g/mol. The molecule has 0 atom stereocenters. The number of hydrogen-bond acceptors (Lipinski definition) is 2. The van der Waals surface area contributed by atoms with Gasteiger partial charge in [-0.2, -0.15) is 18.3 Å². The Balaban J connectivity index is 0.00000121. The van der Waals surface area contributed by atoms with Crippen molar-refractivity contribution >= 4 is 0 Å². The van der Waals surface area contributed by atoms with E-state index in [0.29, 0.717) is 10.7 Å². The maximum atomic E-state index is 11.8. The van der Waals surface area contributed by atoms with E-state index in [-0.39, 0.29) is 29.6 Å². The van der Waals surface area contributed by atoms with Gasteiger partial charge in [0.05, 0.1) is 0 Å². The maximum Gasteiger partial charge on any atom is 1.00 e. The van der Waals surface area contributed by atoms with Crippen molar-refractivity contribution in [3.05, 3.63) is 11.8 Å². The standard InChI is InChI=1S/C5H5F3N2O.Na/c1-10-4(11)2-3(9-10)5(6,7)8;/h2,11H,1H3;/q;+1/p-1. The summed E-state index contributed by atoms with van der Waals surface area (Å²) in [5.41, 5.74) is -1.15. The van der Waals surface area contributed by atoms with Crippen LogP contribution >= 0.6 is 0 Å². The van der Waals surface area contributed by atoms with Crippen LogP contribution in [-0.4, -0.2) is 9.78 Å². The molecule has 0 bridgehead atoms. The molecule has 0 unspecified atom stereocenters. The fourth-order valence-electron chi connectivity index (χ4n) is 0.589. The normalized spacial score (nSPS) is 11.0. The molecule has 0 aromatic carbocycles. The molecule has 0 fully saturated rings. The number of aromatic nitrogens is 2. The first-order valence-electron chi connectivity index (χ1n) is 2.69. The number of alkyl halides is 3. The van der Waals surface area contributed by atoms with Gasteiger partial charge < -0.3 is 5.11 Å². The Labute approximate surface area is 88.5 Å². The predicted molar refractivity (Wildman–Crippen MR) is 27.7 cm³/mol. The van der Waals surface area contributed by atoms with Gasteiger partial charge in [-0.05, 0) is 11.9 Å². The minimum Gasteiger partial charge on any atom is -0.859 e. The summed E-state index contributed by atoms with van der Waals surface area (Å²) in [6.07, 6.45) is -4.53. The Morgan fingerprint density at radius 3 is 2.17 bits per heavy atom. The molecule has 0 saturated heterocycles. The van der Waals surface area contributed by atoms with Gasteiger partial charge in [0.25, 0.3) is 0 Å². The molecule has 1 aromatic rings. The first-order chi connectivity index (χ1) is 4.91. The Morgan fingerprint density at radius 2 is 2.00 bits per heavy atom. The molecule has 0 amide bonds. The number of halogens is 3. The third kappa shape index (κ3) is 2.40.